The summed E-state index contributed by atoms with van der Waals surface area (Å²) in [7, 11) is 0. The summed E-state index contributed by atoms with van der Waals surface area (Å²) in [5.74, 6) is -2.57. The normalized spacial score (nSPS) is 11.1. The molecule has 4 rings (SSSR count). The van der Waals surface area contributed by atoms with Crippen molar-refractivity contribution < 1.29 is 22.9 Å². The molecule has 0 bridgehead atoms. The first-order chi connectivity index (χ1) is 16.7. The Morgan fingerprint density at radius 2 is 1.77 bits per heavy atom. The quantitative estimate of drug-likeness (QED) is 0.366. The summed E-state index contributed by atoms with van der Waals surface area (Å²) in [5.41, 5.74) is 12.9. The Kier molecular flexibility index (Phi) is 6.32. The summed E-state index contributed by atoms with van der Waals surface area (Å²) in [5, 5.41) is 10.6. The Balaban J connectivity index is 1.48. The summed E-state index contributed by atoms with van der Waals surface area (Å²) in [6.45, 7) is 3.76. The van der Waals surface area contributed by atoms with Gasteiger partial charge < -0.3 is 16.0 Å². The summed E-state index contributed by atoms with van der Waals surface area (Å²) >= 11 is 0. The van der Waals surface area contributed by atoms with E-state index in [2.05, 4.69) is 15.6 Å². The van der Waals surface area contributed by atoms with Crippen molar-refractivity contribution in [2.45, 2.75) is 26.3 Å². The van der Waals surface area contributed by atoms with Crippen LogP contribution in [-0.4, -0.2) is 26.8 Å². The van der Waals surface area contributed by atoms with Gasteiger partial charge in [0.25, 0.3) is 5.91 Å². The van der Waals surface area contributed by atoms with Crippen molar-refractivity contribution in [3.63, 3.8) is 0 Å². The van der Waals surface area contributed by atoms with Crippen LogP contribution in [0.1, 0.15) is 35.8 Å². The minimum atomic E-state index is -0.796. The van der Waals surface area contributed by atoms with Gasteiger partial charge in [-0.1, -0.05) is 35.5 Å². The van der Waals surface area contributed by atoms with Crippen LogP contribution < -0.4 is 16.8 Å². The van der Waals surface area contributed by atoms with Crippen molar-refractivity contribution in [2.75, 3.05) is 11.1 Å². The maximum Gasteiger partial charge on any atom is 0.254 e. The molecule has 11 heteroatoms. The molecule has 0 spiro atoms. The monoisotopic (exact) mass is 480 g/mol. The van der Waals surface area contributed by atoms with E-state index in [0.717, 1.165) is 12.1 Å². The Morgan fingerprint density at radius 3 is 2.37 bits per heavy atom. The smallest absolute Gasteiger partial charge is 0.254 e. The van der Waals surface area contributed by atoms with E-state index in [4.69, 9.17) is 16.0 Å². The molecule has 0 unspecified atom stereocenters. The number of hydrogen-bond donors (Lipinski definition) is 3. The summed E-state index contributed by atoms with van der Waals surface area (Å²) in [6, 6.07) is 11.4. The lowest BCUT2D eigenvalue weighted by atomic mass is 10.0. The molecular weight excluding hydrogens is 458 g/mol. The Labute approximate surface area is 198 Å². The van der Waals surface area contributed by atoms with Crippen LogP contribution in [0.5, 0.6) is 0 Å². The zero-order chi connectivity index (χ0) is 25.3. The lowest BCUT2D eigenvalue weighted by molar-refractivity contribution is -0.115. The first-order valence-electron chi connectivity index (χ1n) is 10.6. The van der Waals surface area contributed by atoms with Gasteiger partial charge in [-0.05, 0) is 31.5 Å². The fourth-order valence-corrected chi connectivity index (χ4v) is 3.63. The Morgan fingerprint density at radius 1 is 1.11 bits per heavy atom. The number of carbonyl (C=O) groups excluding carboxylic acids is 2. The van der Waals surface area contributed by atoms with Crippen LogP contribution in [0.4, 0.5) is 20.5 Å². The molecule has 2 amide bonds. The third-order valence-corrected chi connectivity index (χ3v) is 5.27. The van der Waals surface area contributed by atoms with Crippen molar-refractivity contribution in [2.24, 2.45) is 5.73 Å². The minimum absolute atomic E-state index is 0.0182. The van der Waals surface area contributed by atoms with Crippen LogP contribution in [0.3, 0.4) is 0 Å². The third kappa shape index (κ3) is 4.74. The fourth-order valence-electron chi connectivity index (χ4n) is 3.63. The van der Waals surface area contributed by atoms with Crippen molar-refractivity contribution in [3.05, 3.63) is 71.3 Å². The van der Waals surface area contributed by atoms with Gasteiger partial charge in [0.15, 0.2) is 0 Å². The highest BCUT2D eigenvalue weighted by Gasteiger charge is 2.23. The molecule has 0 radical (unpaired) electrons. The Hall–Kier alpha value is -4.54. The lowest BCUT2D eigenvalue weighted by Gasteiger charge is -2.07. The number of benzene rings is 2. The van der Waals surface area contributed by atoms with E-state index in [1.165, 1.54) is 16.8 Å². The lowest BCUT2D eigenvalue weighted by Crippen LogP contribution is -2.15. The molecule has 0 atom stereocenters. The van der Waals surface area contributed by atoms with Crippen LogP contribution in [0.25, 0.3) is 22.5 Å². The number of aromatic nitrogens is 3. The van der Waals surface area contributed by atoms with E-state index in [9.17, 15) is 18.4 Å². The zero-order valence-corrected chi connectivity index (χ0v) is 18.9. The van der Waals surface area contributed by atoms with Crippen molar-refractivity contribution in [3.8, 4) is 22.5 Å². The van der Waals surface area contributed by atoms with Gasteiger partial charge in [-0.3, -0.25) is 14.9 Å². The summed E-state index contributed by atoms with van der Waals surface area (Å²) < 4.78 is 34.4. The van der Waals surface area contributed by atoms with Crippen molar-refractivity contribution in [1.82, 2.24) is 14.9 Å². The molecule has 2 aromatic carbocycles. The number of nitrogens with two attached hydrogens (primary N) is 2. The van der Waals surface area contributed by atoms with Gasteiger partial charge in [-0.2, -0.15) is 5.10 Å². The molecule has 0 aliphatic carbocycles. The van der Waals surface area contributed by atoms with E-state index in [0.29, 0.717) is 16.8 Å². The van der Waals surface area contributed by atoms with Crippen molar-refractivity contribution >= 4 is 23.5 Å². The van der Waals surface area contributed by atoms with Gasteiger partial charge in [0.1, 0.15) is 34.4 Å². The maximum absolute atomic E-state index is 13.9. The topological polar surface area (TPSA) is 142 Å². The van der Waals surface area contributed by atoms with Crippen LogP contribution in [0, 0.1) is 11.6 Å². The van der Waals surface area contributed by atoms with Crippen LogP contribution in [-0.2, 0) is 11.2 Å². The van der Waals surface area contributed by atoms with Crippen LogP contribution >= 0.6 is 0 Å². The molecule has 0 aliphatic rings. The molecular formula is C24H22F2N6O3. The molecule has 180 valence electrons. The molecule has 5 N–H and O–H groups in total. The average molecular weight is 480 g/mol. The molecule has 0 saturated carbocycles. The average Bonchev–Trinajstić information content (AvgIpc) is 3.38. The van der Waals surface area contributed by atoms with Gasteiger partial charge in [-0.25, -0.2) is 13.5 Å². The van der Waals surface area contributed by atoms with E-state index in [1.54, 1.807) is 24.3 Å². The molecule has 0 saturated heterocycles. The predicted octanol–water partition coefficient (Wildman–Crippen LogP) is 3.93. The van der Waals surface area contributed by atoms with E-state index in [1.807, 2.05) is 13.8 Å². The van der Waals surface area contributed by atoms with Gasteiger partial charge in [-0.15, -0.1) is 0 Å². The molecule has 2 heterocycles. The minimum Gasteiger partial charge on any atom is -0.383 e. The maximum atomic E-state index is 13.9. The number of amides is 2. The largest absolute Gasteiger partial charge is 0.383 e. The number of rotatable bonds is 7. The van der Waals surface area contributed by atoms with Gasteiger partial charge >= 0.3 is 0 Å². The number of primary amides is 1. The molecule has 4 aromatic rings. The summed E-state index contributed by atoms with van der Waals surface area (Å²) in [6.07, 6.45) is -0.0182. The van der Waals surface area contributed by atoms with Crippen LogP contribution in [0.15, 0.2) is 53.1 Å². The van der Waals surface area contributed by atoms with Gasteiger partial charge in [0.05, 0.1) is 12.0 Å². The molecule has 9 nitrogen and oxygen atoms in total. The highest BCUT2D eigenvalue weighted by molar-refractivity contribution is 6.03. The second kappa shape index (κ2) is 9.37. The third-order valence-electron chi connectivity index (χ3n) is 5.27. The number of anilines is 2. The number of nitrogens with zero attached hydrogens (tertiary/aromatic N) is 3. The van der Waals surface area contributed by atoms with E-state index in [-0.39, 0.29) is 41.0 Å². The van der Waals surface area contributed by atoms with E-state index >= 15 is 0 Å². The predicted molar refractivity (Wildman–Crippen MR) is 125 cm³/mol. The highest BCUT2D eigenvalue weighted by Crippen LogP contribution is 2.30. The number of nitrogen functional groups attached to an aromatic ring is 1. The van der Waals surface area contributed by atoms with Gasteiger partial charge in [0.2, 0.25) is 11.8 Å². The first-order valence-corrected chi connectivity index (χ1v) is 10.6. The van der Waals surface area contributed by atoms with Crippen molar-refractivity contribution in [1.29, 1.82) is 0 Å². The summed E-state index contributed by atoms with van der Waals surface area (Å²) in [4.78, 5) is 24.4. The fraction of sp³-hybridized carbons (Fsp3) is 0.167. The second-order valence-electron chi connectivity index (χ2n) is 8.11. The molecule has 35 heavy (non-hydrogen) atoms. The first kappa shape index (κ1) is 23.6. The SMILES string of the molecule is CC(C)n1nc(-c2ccc(CC(=O)Nc3cc(-c4c(F)cccc4F)no3)cc2)c(C(N)=O)c1N. The Bertz CT molecular complexity index is 1390. The molecule has 2 aromatic heterocycles. The van der Waals surface area contributed by atoms with E-state index < -0.39 is 23.4 Å². The molecule has 0 aliphatic heterocycles. The number of nitrogens with one attached hydrogen (secondary N) is 1. The molecule has 0 fully saturated rings. The van der Waals surface area contributed by atoms with Crippen LogP contribution in [0.2, 0.25) is 0 Å². The zero-order valence-electron chi connectivity index (χ0n) is 18.9. The second-order valence-corrected chi connectivity index (χ2v) is 8.11. The standard InChI is InChI=1S/C24H22F2N6O3/c1-12(2)32-23(27)21(24(28)34)22(30-32)14-8-6-13(7-9-14)10-18(33)29-19-11-17(31-35-19)20-15(25)4-3-5-16(20)26/h3-9,11-12H,10,27H2,1-2H3,(H2,28,34)(H,29,33). The number of carbonyl (C=O) groups is 2. The van der Waals surface area contributed by atoms with Gasteiger partial charge in [0, 0.05) is 17.7 Å². The highest BCUT2D eigenvalue weighted by atomic mass is 19.1. The number of hydrogen-bond acceptors (Lipinski definition) is 6. The number of halogens is 2.